The first kappa shape index (κ1) is 13.8. The highest BCUT2D eigenvalue weighted by atomic mass is 16.3. The molecule has 0 atom stereocenters. The van der Waals surface area contributed by atoms with Gasteiger partial charge in [-0.25, -0.2) is 0 Å². The molecule has 0 bridgehead atoms. The lowest BCUT2D eigenvalue weighted by atomic mass is 10.1. The summed E-state index contributed by atoms with van der Waals surface area (Å²) < 4.78 is 5.79. The number of furan rings is 1. The molecule has 0 saturated carbocycles. The topological polar surface area (TPSA) is 13.1 Å². The van der Waals surface area contributed by atoms with Crippen LogP contribution in [0.25, 0.3) is 0 Å². The van der Waals surface area contributed by atoms with Gasteiger partial charge in [0.2, 0.25) is 0 Å². The molecule has 0 radical (unpaired) electrons. The number of aryl methyl sites for hydroxylation is 2. The summed E-state index contributed by atoms with van der Waals surface area (Å²) in [5.74, 6) is 2.26. The Bertz CT molecular complexity index is 292. The van der Waals surface area contributed by atoms with Crippen molar-refractivity contribution in [2.75, 3.05) is 0 Å². The fourth-order valence-electron chi connectivity index (χ4n) is 1.87. The molecule has 1 heterocycles. The lowest BCUT2D eigenvalue weighted by Crippen LogP contribution is -1.83. The van der Waals surface area contributed by atoms with Gasteiger partial charge < -0.3 is 4.42 Å². The molecule has 1 aromatic rings. The van der Waals surface area contributed by atoms with E-state index in [9.17, 15) is 0 Å². The SMILES string of the molecule is C=CCCCCc1ccc(CCCCC=C)o1. The summed E-state index contributed by atoms with van der Waals surface area (Å²) in [4.78, 5) is 0. The maximum absolute atomic E-state index is 5.79. The van der Waals surface area contributed by atoms with E-state index in [-0.39, 0.29) is 0 Å². The Kier molecular flexibility index (Phi) is 7.20. The smallest absolute Gasteiger partial charge is 0.104 e. The van der Waals surface area contributed by atoms with Gasteiger partial charge in [0, 0.05) is 12.8 Å². The highest BCUT2D eigenvalue weighted by Crippen LogP contribution is 2.14. The Hall–Kier alpha value is -1.24. The maximum atomic E-state index is 5.79. The Morgan fingerprint density at radius 2 is 1.29 bits per heavy atom. The summed E-state index contributed by atoms with van der Waals surface area (Å²) in [6, 6.07) is 4.24. The van der Waals surface area contributed by atoms with Gasteiger partial charge in [0.15, 0.2) is 0 Å². The van der Waals surface area contributed by atoms with Crippen molar-refractivity contribution in [1.82, 2.24) is 0 Å². The Labute approximate surface area is 105 Å². The van der Waals surface area contributed by atoms with Crippen molar-refractivity contribution < 1.29 is 4.42 Å². The van der Waals surface area contributed by atoms with Crippen molar-refractivity contribution in [3.63, 3.8) is 0 Å². The molecule has 0 aliphatic rings. The van der Waals surface area contributed by atoms with E-state index in [0.29, 0.717) is 0 Å². The van der Waals surface area contributed by atoms with Gasteiger partial charge in [0.25, 0.3) is 0 Å². The van der Waals surface area contributed by atoms with E-state index < -0.39 is 0 Å². The van der Waals surface area contributed by atoms with Crippen molar-refractivity contribution in [2.24, 2.45) is 0 Å². The van der Waals surface area contributed by atoms with Gasteiger partial charge in [-0.15, -0.1) is 13.2 Å². The molecule has 1 nitrogen and oxygen atoms in total. The Morgan fingerprint density at radius 1 is 0.824 bits per heavy atom. The van der Waals surface area contributed by atoms with E-state index in [1.807, 2.05) is 12.2 Å². The summed E-state index contributed by atoms with van der Waals surface area (Å²) >= 11 is 0. The first-order valence-corrected chi connectivity index (χ1v) is 6.66. The fourth-order valence-corrected chi connectivity index (χ4v) is 1.87. The lowest BCUT2D eigenvalue weighted by Gasteiger charge is -1.97. The van der Waals surface area contributed by atoms with E-state index in [0.717, 1.165) is 37.2 Å². The van der Waals surface area contributed by atoms with Crippen LogP contribution < -0.4 is 0 Å². The molecule has 0 unspecified atom stereocenters. The van der Waals surface area contributed by atoms with Crippen LogP contribution in [0.1, 0.15) is 50.0 Å². The predicted octanol–water partition coefficient (Wildman–Crippen LogP) is 5.08. The van der Waals surface area contributed by atoms with Crippen LogP contribution in [0.5, 0.6) is 0 Å². The van der Waals surface area contributed by atoms with Crippen LogP contribution in [-0.4, -0.2) is 0 Å². The lowest BCUT2D eigenvalue weighted by molar-refractivity contribution is 0.451. The third-order valence-electron chi connectivity index (χ3n) is 2.88. The zero-order valence-electron chi connectivity index (χ0n) is 10.8. The van der Waals surface area contributed by atoms with E-state index in [1.165, 1.54) is 25.7 Å². The minimum atomic E-state index is 1.06. The number of allylic oxidation sites excluding steroid dienone is 2. The molecular weight excluding hydrogens is 208 g/mol. The summed E-state index contributed by atoms with van der Waals surface area (Å²) in [6.07, 6.45) is 13.1. The summed E-state index contributed by atoms with van der Waals surface area (Å²) in [6.45, 7) is 7.46. The largest absolute Gasteiger partial charge is 0.466 e. The second kappa shape index (κ2) is 8.86. The highest BCUT2D eigenvalue weighted by molar-refractivity contribution is 5.07. The molecule has 0 amide bonds. The van der Waals surface area contributed by atoms with Gasteiger partial charge in [-0.1, -0.05) is 12.2 Å². The molecule has 0 spiro atoms. The molecule has 0 aliphatic heterocycles. The summed E-state index contributed by atoms with van der Waals surface area (Å²) in [5, 5.41) is 0. The third-order valence-corrected chi connectivity index (χ3v) is 2.88. The predicted molar refractivity (Wildman–Crippen MR) is 74.2 cm³/mol. The minimum Gasteiger partial charge on any atom is -0.466 e. The first-order chi connectivity index (χ1) is 8.36. The fraction of sp³-hybridized carbons (Fsp3) is 0.500. The minimum absolute atomic E-state index is 1.06. The second-order valence-corrected chi connectivity index (χ2v) is 4.44. The molecule has 1 aromatic heterocycles. The van der Waals surface area contributed by atoms with Crippen molar-refractivity contribution in [1.29, 1.82) is 0 Å². The van der Waals surface area contributed by atoms with E-state index in [2.05, 4.69) is 25.3 Å². The van der Waals surface area contributed by atoms with Gasteiger partial charge in [0.1, 0.15) is 11.5 Å². The van der Waals surface area contributed by atoms with Crippen LogP contribution in [0.4, 0.5) is 0 Å². The van der Waals surface area contributed by atoms with Crippen LogP contribution in [0.15, 0.2) is 41.9 Å². The van der Waals surface area contributed by atoms with Crippen LogP contribution in [0.2, 0.25) is 0 Å². The third kappa shape index (κ3) is 6.15. The van der Waals surface area contributed by atoms with Crippen LogP contribution in [0, 0.1) is 0 Å². The van der Waals surface area contributed by atoms with E-state index in [1.54, 1.807) is 0 Å². The number of hydrogen-bond donors (Lipinski definition) is 0. The van der Waals surface area contributed by atoms with Crippen molar-refractivity contribution in [3.05, 3.63) is 49.0 Å². The average Bonchev–Trinajstić information content (AvgIpc) is 2.78. The van der Waals surface area contributed by atoms with Crippen LogP contribution >= 0.6 is 0 Å². The number of rotatable bonds is 10. The molecule has 0 aromatic carbocycles. The van der Waals surface area contributed by atoms with Gasteiger partial charge >= 0.3 is 0 Å². The number of unbranched alkanes of at least 4 members (excludes halogenated alkanes) is 4. The molecule has 0 aliphatic carbocycles. The zero-order chi connectivity index (χ0) is 12.3. The zero-order valence-corrected chi connectivity index (χ0v) is 10.8. The molecule has 0 saturated heterocycles. The summed E-state index contributed by atoms with van der Waals surface area (Å²) in [5.41, 5.74) is 0. The first-order valence-electron chi connectivity index (χ1n) is 6.66. The molecule has 1 rings (SSSR count). The van der Waals surface area contributed by atoms with Crippen LogP contribution in [0.3, 0.4) is 0 Å². The second-order valence-electron chi connectivity index (χ2n) is 4.44. The summed E-state index contributed by atoms with van der Waals surface area (Å²) in [7, 11) is 0. The van der Waals surface area contributed by atoms with Crippen LogP contribution in [-0.2, 0) is 12.8 Å². The van der Waals surface area contributed by atoms with Gasteiger partial charge in [0.05, 0.1) is 0 Å². The van der Waals surface area contributed by atoms with E-state index in [4.69, 9.17) is 4.42 Å². The van der Waals surface area contributed by atoms with E-state index >= 15 is 0 Å². The van der Waals surface area contributed by atoms with Gasteiger partial charge in [-0.3, -0.25) is 0 Å². The highest BCUT2D eigenvalue weighted by Gasteiger charge is 2.01. The Balaban J connectivity index is 2.18. The molecule has 0 fully saturated rings. The number of hydrogen-bond acceptors (Lipinski definition) is 1. The van der Waals surface area contributed by atoms with Crippen molar-refractivity contribution >= 4 is 0 Å². The quantitative estimate of drug-likeness (QED) is 0.405. The maximum Gasteiger partial charge on any atom is 0.104 e. The molecular formula is C16H24O. The monoisotopic (exact) mass is 232 g/mol. The molecule has 1 heteroatoms. The average molecular weight is 232 g/mol. The normalized spacial score (nSPS) is 10.4. The van der Waals surface area contributed by atoms with Gasteiger partial charge in [-0.2, -0.15) is 0 Å². The van der Waals surface area contributed by atoms with Gasteiger partial charge in [-0.05, 0) is 50.7 Å². The molecule has 0 N–H and O–H groups in total. The Morgan fingerprint density at radius 3 is 1.71 bits per heavy atom. The molecule has 94 valence electrons. The van der Waals surface area contributed by atoms with Crippen molar-refractivity contribution in [2.45, 2.75) is 51.4 Å². The molecule has 17 heavy (non-hydrogen) atoms. The standard InChI is InChI=1S/C16H24O/c1-3-5-7-9-11-15-13-14-16(17-15)12-10-8-6-4-2/h3-4,13-14H,1-2,5-12H2. The van der Waals surface area contributed by atoms with Crippen molar-refractivity contribution in [3.8, 4) is 0 Å².